The van der Waals surface area contributed by atoms with Crippen LogP contribution in [-0.4, -0.2) is 29.5 Å². The van der Waals surface area contributed by atoms with Crippen LogP contribution in [0, 0.1) is 0 Å². The Labute approximate surface area is 52.6 Å². The maximum atomic E-state index is 5.06. The molecule has 0 bridgehead atoms. The van der Waals surface area contributed by atoms with E-state index in [0.717, 1.165) is 5.11 Å². The zero-order valence-electron chi connectivity index (χ0n) is 4.42. The molecule has 0 saturated carbocycles. The van der Waals surface area contributed by atoms with Gasteiger partial charge in [-0.25, -0.2) is 0 Å². The van der Waals surface area contributed by atoms with Crippen molar-refractivity contribution in [3.8, 4) is 0 Å². The molecule has 0 radical (unpaired) electrons. The zero-order chi connectivity index (χ0) is 5.72. The van der Waals surface area contributed by atoms with E-state index in [2.05, 4.69) is 5.32 Å². The van der Waals surface area contributed by atoms with Gasteiger partial charge in [-0.3, -0.25) is 0 Å². The van der Waals surface area contributed by atoms with Gasteiger partial charge < -0.3 is 15.0 Å². The Hall–Kier alpha value is -0.350. The molecule has 2 atom stereocenters. The van der Waals surface area contributed by atoms with Gasteiger partial charge in [0.25, 0.3) is 0 Å². The molecule has 0 amide bonds. The number of epoxide rings is 1. The molecule has 0 aromatic carbocycles. The molecule has 0 aromatic heterocycles. The number of nitrogens with one attached hydrogen (secondary N) is 1. The lowest BCUT2D eigenvalue weighted by Gasteiger charge is -2.09. The molecule has 0 aromatic rings. The lowest BCUT2D eigenvalue weighted by Crippen LogP contribution is -2.29. The first-order valence-electron chi connectivity index (χ1n) is 2.48. The lowest BCUT2D eigenvalue weighted by atomic mass is 10.7. The second-order valence-corrected chi connectivity index (χ2v) is 2.39. The third-order valence-corrected chi connectivity index (χ3v) is 1.84. The minimum absolute atomic E-state index is 0.201. The minimum Gasteiger partial charge on any atom is -0.333 e. The van der Waals surface area contributed by atoms with Gasteiger partial charge in [0.05, 0.1) is 0 Å². The maximum Gasteiger partial charge on any atom is 0.179 e. The van der Waals surface area contributed by atoms with Crippen molar-refractivity contribution < 1.29 is 4.74 Å². The number of hydrogen-bond donors (Lipinski definition) is 1. The van der Waals surface area contributed by atoms with Crippen LogP contribution in [-0.2, 0) is 4.74 Å². The number of fused-ring (bicyclic) bond motifs is 1. The van der Waals surface area contributed by atoms with Crippen LogP contribution < -0.4 is 5.32 Å². The predicted octanol–water partition coefficient (Wildman–Crippen LogP) is -0.511. The Balaban J connectivity index is 2.19. The SMILES string of the molecule is CN1C(=S)NC2OC21. The third-order valence-electron chi connectivity index (χ3n) is 1.44. The largest absolute Gasteiger partial charge is 0.333 e. The number of rotatable bonds is 0. The van der Waals surface area contributed by atoms with E-state index in [0.29, 0.717) is 0 Å². The zero-order valence-corrected chi connectivity index (χ0v) is 5.23. The first-order chi connectivity index (χ1) is 3.79. The Kier molecular flexibility index (Phi) is 0.644. The molecule has 0 aliphatic carbocycles. The van der Waals surface area contributed by atoms with E-state index >= 15 is 0 Å². The van der Waals surface area contributed by atoms with Gasteiger partial charge in [-0.2, -0.15) is 0 Å². The van der Waals surface area contributed by atoms with Crippen LogP contribution in [0.1, 0.15) is 0 Å². The summed E-state index contributed by atoms with van der Waals surface area (Å²) in [5.74, 6) is 0. The lowest BCUT2D eigenvalue weighted by molar-refractivity contribution is 0.262. The molecule has 3 nitrogen and oxygen atoms in total. The summed E-state index contributed by atoms with van der Waals surface area (Å²) < 4.78 is 5.06. The van der Waals surface area contributed by atoms with Gasteiger partial charge in [0, 0.05) is 7.05 Å². The molecule has 44 valence electrons. The summed E-state index contributed by atoms with van der Waals surface area (Å²) in [5, 5.41) is 3.77. The van der Waals surface area contributed by atoms with Crippen LogP contribution in [0.5, 0.6) is 0 Å². The van der Waals surface area contributed by atoms with Gasteiger partial charge >= 0.3 is 0 Å². The summed E-state index contributed by atoms with van der Waals surface area (Å²) in [6, 6.07) is 0. The Morgan fingerprint density at radius 2 is 2.62 bits per heavy atom. The average Bonchev–Trinajstić information content (AvgIpc) is 2.39. The first-order valence-corrected chi connectivity index (χ1v) is 2.88. The van der Waals surface area contributed by atoms with Gasteiger partial charge in [-0.1, -0.05) is 0 Å². The van der Waals surface area contributed by atoms with Crippen molar-refractivity contribution in [1.29, 1.82) is 0 Å². The molecule has 4 heteroatoms. The second kappa shape index (κ2) is 1.14. The fraction of sp³-hybridized carbons (Fsp3) is 0.750. The molecule has 2 saturated heterocycles. The smallest absolute Gasteiger partial charge is 0.179 e. The highest BCUT2D eigenvalue weighted by atomic mass is 32.1. The summed E-state index contributed by atoms with van der Waals surface area (Å²) in [6.07, 6.45) is 0.440. The molecule has 2 aliphatic rings. The molecule has 2 rings (SSSR count). The summed E-state index contributed by atoms with van der Waals surface area (Å²) in [7, 11) is 1.92. The van der Waals surface area contributed by atoms with Crippen LogP contribution in [0.2, 0.25) is 0 Å². The summed E-state index contributed by atoms with van der Waals surface area (Å²) in [4.78, 5) is 1.92. The quantitative estimate of drug-likeness (QED) is 0.353. The van der Waals surface area contributed by atoms with Gasteiger partial charge in [0.15, 0.2) is 17.6 Å². The highest BCUT2D eigenvalue weighted by Gasteiger charge is 2.49. The van der Waals surface area contributed by atoms with E-state index in [9.17, 15) is 0 Å². The summed E-state index contributed by atoms with van der Waals surface area (Å²) >= 11 is 4.88. The molecule has 2 fully saturated rings. The van der Waals surface area contributed by atoms with Crippen molar-refractivity contribution in [2.75, 3.05) is 7.05 Å². The molecule has 8 heavy (non-hydrogen) atoms. The number of likely N-dealkylation sites (N-methyl/N-ethyl adjacent to an activating group) is 1. The number of thiocarbonyl (C=S) groups is 1. The van der Waals surface area contributed by atoms with E-state index in [-0.39, 0.29) is 12.5 Å². The van der Waals surface area contributed by atoms with Crippen molar-refractivity contribution in [3.05, 3.63) is 0 Å². The van der Waals surface area contributed by atoms with E-state index < -0.39 is 0 Å². The van der Waals surface area contributed by atoms with Gasteiger partial charge in [-0.05, 0) is 12.2 Å². The Morgan fingerprint density at radius 3 is 2.88 bits per heavy atom. The van der Waals surface area contributed by atoms with E-state index in [4.69, 9.17) is 17.0 Å². The third kappa shape index (κ3) is 0.392. The van der Waals surface area contributed by atoms with Gasteiger partial charge in [0.2, 0.25) is 0 Å². The summed E-state index contributed by atoms with van der Waals surface area (Å²) in [5.41, 5.74) is 0. The topological polar surface area (TPSA) is 27.8 Å². The molecular formula is C4H6N2OS. The summed E-state index contributed by atoms with van der Waals surface area (Å²) in [6.45, 7) is 0. The number of hydrogen-bond acceptors (Lipinski definition) is 2. The monoisotopic (exact) mass is 130 g/mol. The fourth-order valence-corrected chi connectivity index (χ4v) is 1.06. The normalized spacial score (nSPS) is 41.6. The van der Waals surface area contributed by atoms with Crippen molar-refractivity contribution in [3.63, 3.8) is 0 Å². The van der Waals surface area contributed by atoms with E-state index in [1.165, 1.54) is 0 Å². The van der Waals surface area contributed by atoms with E-state index in [1.54, 1.807) is 0 Å². The Bertz CT molecular complexity index is 149. The highest BCUT2D eigenvalue weighted by molar-refractivity contribution is 7.80. The van der Waals surface area contributed by atoms with Gasteiger partial charge in [0.1, 0.15) is 0 Å². The molecular weight excluding hydrogens is 124 g/mol. The molecule has 2 aliphatic heterocycles. The van der Waals surface area contributed by atoms with Crippen LogP contribution in [0.3, 0.4) is 0 Å². The molecule has 2 unspecified atom stereocenters. The maximum absolute atomic E-state index is 5.06. The van der Waals surface area contributed by atoms with Crippen molar-refractivity contribution in [2.24, 2.45) is 0 Å². The van der Waals surface area contributed by atoms with Crippen molar-refractivity contribution in [2.45, 2.75) is 12.5 Å². The van der Waals surface area contributed by atoms with E-state index in [1.807, 2.05) is 11.9 Å². The molecule has 0 spiro atoms. The molecule has 2 heterocycles. The van der Waals surface area contributed by atoms with Crippen LogP contribution in [0.15, 0.2) is 0 Å². The predicted molar refractivity (Wildman–Crippen MR) is 32.2 cm³/mol. The van der Waals surface area contributed by atoms with Crippen molar-refractivity contribution >= 4 is 17.3 Å². The van der Waals surface area contributed by atoms with Crippen LogP contribution >= 0.6 is 12.2 Å². The highest BCUT2D eigenvalue weighted by Crippen LogP contribution is 2.27. The van der Waals surface area contributed by atoms with Crippen molar-refractivity contribution in [1.82, 2.24) is 10.2 Å². The number of nitrogens with zero attached hydrogens (tertiary/aromatic N) is 1. The number of ether oxygens (including phenoxy) is 1. The average molecular weight is 130 g/mol. The van der Waals surface area contributed by atoms with Crippen LogP contribution in [0.4, 0.5) is 0 Å². The van der Waals surface area contributed by atoms with Gasteiger partial charge in [-0.15, -0.1) is 0 Å². The van der Waals surface area contributed by atoms with Crippen LogP contribution in [0.25, 0.3) is 0 Å². The fourth-order valence-electron chi connectivity index (χ4n) is 0.844. The second-order valence-electron chi connectivity index (χ2n) is 2.01. The standard InChI is InChI=1S/C4H6N2OS/c1-6-3-2(7-3)5-4(6)8/h2-3H,1H3,(H,5,8). The minimum atomic E-state index is 0.201. The first kappa shape index (κ1) is 4.52. The Morgan fingerprint density at radius 1 is 1.88 bits per heavy atom. The molecule has 1 N–H and O–H groups in total.